The minimum Gasteiger partial charge on any atom is -0.381 e. The molecular weight excluding hydrogens is 214 g/mol. The van der Waals surface area contributed by atoms with Crippen molar-refractivity contribution in [3.8, 4) is 0 Å². The number of hydrogen-bond acceptors (Lipinski definition) is 3. The van der Waals surface area contributed by atoms with E-state index in [0.717, 1.165) is 44.8 Å². The average molecular weight is 239 g/mol. The van der Waals surface area contributed by atoms with E-state index in [0.29, 0.717) is 6.04 Å². The molecule has 1 aromatic heterocycles. The first-order valence-corrected chi connectivity index (χ1v) is 6.55. The molecule has 0 aliphatic carbocycles. The molecule has 1 aromatic rings. The molecule has 4 heteroatoms. The summed E-state index contributed by atoms with van der Waals surface area (Å²) in [6, 6.07) is 0.456. The Bertz CT molecular complexity index is 299. The van der Waals surface area contributed by atoms with Gasteiger partial charge in [-0.2, -0.15) is 0 Å². The summed E-state index contributed by atoms with van der Waals surface area (Å²) in [7, 11) is 2.04. The van der Waals surface area contributed by atoms with Gasteiger partial charge in [0.05, 0.1) is 0 Å². The molecule has 0 bridgehead atoms. The minimum atomic E-state index is 0.456. The number of imidazole rings is 1. The van der Waals surface area contributed by atoms with Crippen molar-refractivity contribution in [3.63, 3.8) is 0 Å². The number of aromatic nitrogens is 2. The summed E-state index contributed by atoms with van der Waals surface area (Å²) in [5.41, 5.74) is 0. The highest BCUT2D eigenvalue weighted by Crippen LogP contribution is 2.04. The first-order valence-electron chi connectivity index (χ1n) is 6.55. The van der Waals surface area contributed by atoms with Gasteiger partial charge in [0.15, 0.2) is 0 Å². The Balaban J connectivity index is 2.35. The van der Waals surface area contributed by atoms with Crippen LogP contribution in [0.2, 0.25) is 0 Å². The van der Waals surface area contributed by atoms with Gasteiger partial charge in [0.2, 0.25) is 0 Å². The van der Waals surface area contributed by atoms with Gasteiger partial charge >= 0.3 is 0 Å². The SMILES string of the molecule is CCCOCCC(Cc1nccn1C)NCC. The number of nitrogens with zero attached hydrogens (tertiary/aromatic N) is 2. The number of hydrogen-bond donors (Lipinski definition) is 1. The molecule has 0 fully saturated rings. The first-order chi connectivity index (χ1) is 8.27. The van der Waals surface area contributed by atoms with Crippen molar-refractivity contribution in [2.24, 2.45) is 7.05 Å². The van der Waals surface area contributed by atoms with E-state index in [9.17, 15) is 0 Å². The lowest BCUT2D eigenvalue weighted by molar-refractivity contribution is 0.124. The molecule has 98 valence electrons. The molecule has 17 heavy (non-hydrogen) atoms. The molecule has 0 spiro atoms. The zero-order chi connectivity index (χ0) is 12.5. The average Bonchev–Trinajstić information content (AvgIpc) is 2.71. The van der Waals surface area contributed by atoms with Gasteiger partial charge in [0, 0.05) is 45.1 Å². The van der Waals surface area contributed by atoms with Gasteiger partial charge < -0.3 is 14.6 Å². The Kier molecular flexibility index (Phi) is 6.89. The Labute approximate surface area is 104 Å². The third-order valence-electron chi connectivity index (χ3n) is 2.80. The normalized spacial score (nSPS) is 12.9. The van der Waals surface area contributed by atoms with Crippen LogP contribution in [-0.4, -0.2) is 35.4 Å². The molecule has 0 radical (unpaired) electrons. The van der Waals surface area contributed by atoms with Crippen LogP contribution in [0.5, 0.6) is 0 Å². The van der Waals surface area contributed by atoms with Gasteiger partial charge in [0.1, 0.15) is 5.82 Å². The maximum Gasteiger partial charge on any atom is 0.109 e. The summed E-state index contributed by atoms with van der Waals surface area (Å²) in [4.78, 5) is 4.36. The van der Waals surface area contributed by atoms with Crippen molar-refractivity contribution in [2.75, 3.05) is 19.8 Å². The molecule has 1 N–H and O–H groups in total. The highest BCUT2D eigenvalue weighted by molar-refractivity contribution is 4.94. The van der Waals surface area contributed by atoms with Gasteiger partial charge in [-0.3, -0.25) is 0 Å². The fourth-order valence-electron chi connectivity index (χ4n) is 1.85. The third-order valence-corrected chi connectivity index (χ3v) is 2.80. The molecular formula is C13H25N3O. The van der Waals surface area contributed by atoms with E-state index in [2.05, 4.69) is 28.7 Å². The first kappa shape index (κ1) is 14.2. The molecule has 0 saturated heterocycles. The molecule has 0 amide bonds. The molecule has 1 atom stereocenters. The molecule has 1 unspecified atom stereocenters. The number of aryl methyl sites for hydroxylation is 1. The number of ether oxygens (including phenoxy) is 1. The van der Waals surface area contributed by atoms with Crippen LogP contribution in [0, 0.1) is 0 Å². The molecule has 1 heterocycles. The molecule has 4 nitrogen and oxygen atoms in total. The van der Waals surface area contributed by atoms with Crippen molar-refractivity contribution < 1.29 is 4.74 Å². The Morgan fingerprint density at radius 2 is 2.24 bits per heavy atom. The van der Waals surface area contributed by atoms with Crippen LogP contribution in [0.25, 0.3) is 0 Å². The highest BCUT2D eigenvalue weighted by Gasteiger charge is 2.11. The van der Waals surface area contributed by atoms with E-state index < -0.39 is 0 Å². The standard InChI is InChI=1S/C13H25N3O/c1-4-9-17-10-6-12(14-5-2)11-13-15-7-8-16(13)3/h7-8,12,14H,4-6,9-11H2,1-3H3. The summed E-state index contributed by atoms with van der Waals surface area (Å²) < 4.78 is 7.62. The lowest BCUT2D eigenvalue weighted by Crippen LogP contribution is -2.33. The fourth-order valence-corrected chi connectivity index (χ4v) is 1.85. The van der Waals surface area contributed by atoms with Crippen LogP contribution in [0.4, 0.5) is 0 Å². The summed E-state index contributed by atoms with van der Waals surface area (Å²) in [5.74, 6) is 1.13. The van der Waals surface area contributed by atoms with Crippen LogP contribution in [0.15, 0.2) is 12.4 Å². The highest BCUT2D eigenvalue weighted by atomic mass is 16.5. The predicted octanol–water partition coefficient (Wildman–Crippen LogP) is 1.76. The summed E-state index contributed by atoms with van der Waals surface area (Å²) in [5, 5.41) is 3.49. The van der Waals surface area contributed by atoms with Gasteiger partial charge in [-0.05, 0) is 19.4 Å². The van der Waals surface area contributed by atoms with Gasteiger partial charge in [-0.1, -0.05) is 13.8 Å². The maximum absolute atomic E-state index is 5.54. The quantitative estimate of drug-likeness (QED) is 0.667. The van der Waals surface area contributed by atoms with Crippen LogP contribution >= 0.6 is 0 Å². The summed E-state index contributed by atoms with van der Waals surface area (Å²) >= 11 is 0. The van der Waals surface area contributed by atoms with Crippen molar-refractivity contribution in [1.82, 2.24) is 14.9 Å². The Morgan fingerprint density at radius 1 is 1.41 bits per heavy atom. The van der Waals surface area contributed by atoms with E-state index in [1.54, 1.807) is 0 Å². The van der Waals surface area contributed by atoms with E-state index in [1.807, 2.05) is 19.4 Å². The monoisotopic (exact) mass is 239 g/mol. The predicted molar refractivity (Wildman–Crippen MR) is 70.1 cm³/mol. The van der Waals surface area contributed by atoms with Crippen LogP contribution < -0.4 is 5.32 Å². The van der Waals surface area contributed by atoms with Crippen molar-refractivity contribution >= 4 is 0 Å². The van der Waals surface area contributed by atoms with E-state index in [-0.39, 0.29) is 0 Å². The van der Waals surface area contributed by atoms with Crippen molar-refractivity contribution in [2.45, 2.75) is 39.2 Å². The number of likely N-dealkylation sites (N-methyl/N-ethyl adjacent to an activating group) is 1. The van der Waals surface area contributed by atoms with E-state index in [1.165, 1.54) is 0 Å². The van der Waals surface area contributed by atoms with Crippen molar-refractivity contribution in [3.05, 3.63) is 18.2 Å². The van der Waals surface area contributed by atoms with Crippen molar-refractivity contribution in [1.29, 1.82) is 0 Å². The Morgan fingerprint density at radius 3 is 2.82 bits per heavy atom. The van der Waals surface area contributed by atoms with Crippen LogP contribution in [0.1, 0.15) is 32.5 Å². The topological polar surface area (TPSA) is 39.1 Å². The molecule has 0 aliphatic rings. The third kappa shape index (κ3) is 5.33. The van der Waals surface area contributed by atoms with Gasteiger partial charge in [-0.25, -0.2) is 4.98 Å². The Hall–Kier alpha value is -0.870. The van der Waals surface area contributed by atoms with E-state index in [4.69, 9.17) is 4.74 Å². The zero-order valence-electron chi connectivity index (χ0n) is 11.3. The maximum atomic E-state index is 5.54. The second kappa shape index (κ2) is 8.25. The van der Waals surface area contributed by atoms with Gasteiger partial charge in [0.25, 0.3) is 0 Å². The zero-order valence-corrected chi connectivity index (χ0v) is 11.3. The lowest BCUT2D eigenvalue weighted by atomic mass is 10.1. The van der Waals surface area contributed by atoms with Crippen LogP contribution in [0.3, 0.4) is 0 Å². The second-order valence-electron chi connectivity index (χ2n) is 4.31. The van der Waals surface area contributed by atoms with E-state index >= 15 is 0 Å². The molecule has 1 rings (SSSR count). The number of nitrogens with one attached hydrogen (secondary N) is 1. The lowest BCUT2D eigenvalue weighted by Gasteiger charge is -2.17. The molecule has 0 aromatic carbocycles. The second-order valence-corrected chi connectivity index (χ2v) is 4.31. The fraction of sp³-hybridized carbons (Fsp3) is 0.769. The smallest absolute Gasteiger partial charge is 0.109 e. The largest absolute Gasteiger partial charge is 0.381 e. The molecule has 0 saturated carbocycles. The number of rotatable bonds is 9. The molecule has 0 aliphatic heterocycles. The van der Waals surface area contributed by atoms with Crippen LogP contribution in [-0.2, 0) is 18.2 Å². The summed E-state index contributed by atoms with van der Waals surface area (Å²) in [6.45, 7) is 6.95. The minimum absolute atomic E-state index is 0.456. The van der Waals surface area contributed by atoms with Gasteiger partial charge in [-0.15, -0.1) is 0 Å². The summed E-state index contributed by atoms with van der Waals surface area (Å²) in [6.07, 6.45) is 6.94.